The van der Waals surface area contributed by atoms with Crippen LogP contribution in [0.3, 0.4) is 0 Å². The van der Waals surface area contributed by atoms with Crippen molar-refractivity contribution in [1.29, 1.82) is 0 Å². The Bertz CT molecular complexity index is 828. The third-order valence-corrected chi connectivity index (χ3v) is 5.01. The average Bonchev–Trinajstić information content (AvgIpc) is 2.69. The van der Waals surface area contributed by atoms with E-state index in [0.29, 0.717) is 34.8 Å². The van der Waals surface area contributed by atoms with Gasteiger partial charge in [-0.05, 0) is 54.7 Å². The highest BCUT2D eigenvalue weighted by molar-refractivity contribution is 5.95. The number of ether oxygens (including phenoxy) is 1. The largest absolute Gasteiger partial charge is 0.426 e. The molecule has 1 saturated carbocycles. The van der Waals surface area contributed by atoms with E-state index in [0.717, 1.165) is 12.8 Å². The van der Waals surface area contributed by atoms with Gasteiger partial charge in [0, 0.05) is 24.6 Å². The van der Waals surface area contributed by atoms with Crippen LogP contribution < -0.4 is 10.1 Å². The van der Waals surface area contributed by atoms with Crippen molar-refractivity contribution in [2.45, 2.75) is 38.5 Å². The summed E-state index contributed by atoms with van der Waals surface area (Å²) in [7, 11) is 1.54. The van der Waals surface area contributed by atoms with E-state index in [9.17, 15) is 14.0 Å². The Balaban J connectivity index is 1.76. The minimum Gasteiger partial charge on any atom is -0.426 e. The molecule has 1 amide bonds. The lowest BCUT2D eigenvalue weighted by Gasteiger charge is -2.20. The van der Waals surface area contributed by atoms with Crippen LogP contribution in [0.4, 0.5) is 4.39 Å². The van der Waals surface area contributed by atoms with Gasteiger partial charge < -0.3 is 10.1 Å². The molecule has 2 aromatic carbocycles. The van der Waals surface area contributed by atoms with Gasteiger partial charge in [-0.25, -0.2) is 4.39 Å². The molecule has 0 unspecified atom stereocenters. The Kier molecular flexibility index (Phi) is 6.22. The molecular weight excluding hydrogens is 345 g/mol. The van der Waals surface area contributed by atoms with Crippen LogP contribution in [0.2, 0.25) is 0 Å². The second kappa shape index (κ2) is 8.80. The van der Waals surface area contributed by atoms with Crippen molar-refractivity contribution < 1.29 is 18.7 Å². The van der Waals surface area contributed by atoms with Crippen LogP contribution in [0.5, 0.6) is 5.75 Å². The third-order valence-electron chi connectivity index (χ3n) is 5.01. The number of halogens is 1. The van der Waals surface area contributed by atoms with Gasteiger partial charge in [-0.15, -0.1) is 0 Å². The molecular formula is C22H24FNO3. The Morgan fingerprint density at radius 2 is 1.89 bits per heavy atom. The maximum absolute atomic E-state index is 14.3. The van der Waals surface area contributed by atoms with E-state index in [-0.39, 0.29) is 11.9 Å². The van der Waals surface area contributed by atoms with Gasteiger partial charge in [0.1, 0.15) is 11.6 Å². The Morgan fingerprint density at radius 1 is 1.11 bits per heavy atom. The Morgan fingerprint density at radius 3 is 2.63 bits per heavy atom. The molecule has 0 saturated heterocycles. The molecule has 0 spiro atoms. The number of hydrogen-bond acceptors (Lipinski definition) is 3. The number of rotatable bonds is 5. The zero-order valence-corrected chi connectivity index (χ0v) is 15.5. The second-order valence-corrected chi connectivity index (χ2v) is 6.98. The molecule has 0 heterocycles. The fourth-order valence-corrected chi connectivity index (χ4v) is 3.56. The molecule has 0 atom stereocenters. The zero-order chi connectivity index (χ0) is 19.2. The van der Waals surface area contributed by atoms with Crippen molar-refractivity contribution in [3.05, 3.63) is 53.8 Å². The highest BCUT2D eigenvalue weighted by Crippen LogP contribution is 2.30. The van der Waals surface area contributed by atoms with Gasteiger partial charge in [0.05, 0.1) is 0 Å². The lowest BCUT2D eigenvalue weighted by Crippen LogP contribution is -2.17. The maximum atomic E-state index is 14.3. The van der Waals surface area contributed by atoms with Crippen molar-refractivity contribution >= 4 is 11.9 Å². The summed E-state index contributed by atoms with van der Waals surface area (Å²) in [6, 6.07) is 10.9. The third kappa shape index (κ3) is 4.94. The number of carbonyl (C=O) groups is 2. The minimum atomic E-state index is -0.434. The molecule has 0 aliphatic heterocycles. The molecule has 3 rings (SSSR count). The van der Waals surface area contributed by atoms with Gasteiger partial charge in [-0.3, -0.25) is 9.59 Å². The molecule has 0 bridgehead atoms. The summed E-state index contributed by atoms with van der Waals surface area (Å²) < 4.78 is 19.8. The van der Waals surface area contributed by atoms with E-state index in [4.69, 9.17) is 4.74 Å². The van der Waals surface area contributed by atoms with Crippen molar-refractivity contribution in [3.63, 3.8) is 0 Å². The second-order valence-electron chi connectivity index (χ2n) is 6.98. The van der Waals surface area contributed by atoms with E-state index >= 15 is 0 Å². The summed E-state index contributed by atoms with van der Waals surface area (Å²) in [5, 5.41) is 2.55. The van der Waals surface area contributed by atoms with E-state index in [1.165, 1.54) is 37.5 Å². The fourth-order valence-electron chi connectivity index (χ4n) is 3.56. The van der Waals surface area contributed by atoms with Gasteiger partial charge in [-0.1, -0.05) is 31.4 Å². The normalized spacial score (nSPS) is 14.6. The topological polar surface area (TPSA) is 55.4 Å². The molecule has 142 valence electrons. The predicted octanol–water partition coefficient (Wildman–Crippen LogP) is 4.73. The molecule has 0 aromatic heterocycles. The summed E-state index contributed by atoms with van der Waals surface area (Å²) in [4.78, 5) is 24.0. The average molecular weight is 369 g/mol. The van der Waals surface area contributed by atoms with Crippen molar-refractivity contribution in [1.82, 2.24) is 5.32 Å². The number of carbonyl (C=O) groups excluding carboxylic acids is 2. The molecule has 1 N–H and O–H groups in total. The monoisotopic (exact) mass is 369 g/mol. The summed E-state index contributed by atoms with van der Waals surface area (Å²) in [6.07, 6.45) is 6.10. The first-order valence-corrected chi connectivity index (χ1v) is 9.39. The standard InChI is InChI=1S/C22H24FNO3/c1-24-22(26)17-9-5-8-16(13-17)19-14-18(10-11-20(19)23)27-21(25)12-15-6-3-2-4-7-15/h5,8-11,13-15H,2-4,6-7,12H2,1H3,(H,24,26). The summed E-state index contributed by atoms with van der Waals surface area (Å²) >= 11 is 0. The smallest absolute Gasteiger partial charge is 0.311 e. The van der Waals surface area contributed by atoms with E-state index in [2.05, 4.69) is 5.32 Å². The number of esters is 1. The molecule has 2 aromatic rings. The van der Waals surface area contributed by atoms with Crippen LogP contribution in [0.1, 0.15) is 48.9 Å². The number of benzene rings is 2. The van der Waals surface area contributed by atoms with Crippen LogP contribution in [0, 0.1) is 11.7 Å². The predicted molar refractivity (Wildman–Crippen MR) is 102 cm³/mol. The molecule has 0 radical (unpaired) electrons. The van der Waals surface area contributed by atoms with E-state index < -0.39 is 5.82 Å². The van der Waals surface area contributed by atoms with Gasteiger partial charge in [0.25, 0.3) is 5.91 Å². The van der Waals surface area contributed by atoms with Crippen LogP contribution in [0.15, 0.2) is 42.5 Å². The zero-order valence-electron chi connectivity index (χ0n) is 15.5. The van der Waals surface area contributed by atoms with Crippen molar-refractivity contribution in [2.75, 3.05) is 7.05 Å². The van der Waals surface area contributed by atoms with Crippen molar-refractivity contribution in [3.8, 4) is 16.9 Å². The van der Waals surface area contributed by atoms with E-state index in [1.807, 2.05) is 0 Å². The molecule has 1 fully saturated rings. The highest BCUT2D eigenvalue weighted by atomic mass is 19.1. The summed E-state index contributed by atoms with van der Waals surface area (Å²) in [6.45, 7) is 0. The van der Waals surface area contributed by atoms with Gasteiger partial charge >= 0.3 is 5.97 Å². The van der Waals surface area contributed by atoms with Gasteiger partial charge in [0.15, 0.2) is 0 Å². The van der Waals surface area contributed by atoms with Gasteiger partial charge in [0.2, 0.25) is 0 Å². The molecule has 4 nitrogen and oxygen atoms in total. The number of amides is 1. The van der Waals surface area contributed by atoms with Crippen molar-refractivity contribution in [2.24, 2.45) is 5.92 Å². The van der Waals surface area contributed by atoms with E-state index in [1.54, 1.807) is 31.3 Å². The first-order valence-electron chi connectivity index (χ1n) is 9.39. The summed E-state index contributed by atoms with van der Waals surface area (Å²) in [5.41, 5.74) is 1.29. The number of nitrogens with one attached hydrogen (secondary N) is 1. The highest BCUT2D eigenvalue weighted by Gasteiger charge is 2.19. The molecule has 27 heavy (non-hydrogen) atoms. The molecule has 5 heteroatoms. The molecule has 1 aliphatic rings. The quantitative estimate of drug-likeness (QED) is 0.612. The van der Waals surface area contributed by atoms with Crippen LogP contribution in [-0.4, -0.2) is 18.9 Å². The van der Waals surface area contributed by atoms with Crippen LogP contribution in [-0.2, 0) is 4.79 Å². The Labute approximate surface area is 158 Å². The lowest BCUT2D eigenvalue weighted by molar-refractivity contribution is -0.135. The summed E-state index contributed by atoms with van der Waals surface area (Å²) in [5.74, 6) is -0.255. The minimum absolute atomic E-state index is 0.243. The first-order chi connectivity index (χ1) is 13.1. The van der Waals surface area contributed by atoms with Crippen LogP contribution in [0.25, 0.3) is 11.1 Å². The fraction of sp³-hybridized carbons (Fsp3) is 0.364. The Hall–Kier alpha value is -2.69. The maximum Gasteiger partial charge on any atom is 0.311 e. The number of hydrogen-bond donors (Lipinski definition) is 1. The van der Waals surface area contributed by atoms with Gasteiger partial charge in [-0.2, -0.15) is 0 Å². The SMILES string of the molecule is CNC(=O)c1cccc(-c2cc(OC(=O)CC3CCCCC3)ccc2F)c1. The molecule has 1 aliphatic carbocycles. The first kappa shape index (κ1) is 19.1. The lowest BCUT2D eigenvalue weighted by atomic mass is 9.87. The van der Waals surface area contributed by atoms with Crippen LogP contribution >= 0.6 is 0 Å².